The van der Waals surface area contributed by atoms with Gasteiger partial charge in [0.25, 0.3) is 47.3 Å². The van der Waals surface area contributed by atoms with Crippen LogP contribution in [-0.4, -0.2) is 175 Å². The fraction of sp³-hybridized carbons (Fsp3) is 0.468. The van der Waals surface area contributed by atoms with Crippen molar-refractivity contribution in [3.8, 4) is 0 Å². The molecule has 0 saturated carbocycles. The van der Waals surface area contributed by atoms with Gasteiger partial charge >= 0.3 is 17.3 Å². The molecule has 0 aliphatic carbocycles. The van der Waals surface area contributed by atoms with Crippen LogP contribution in [0.4, 0.5) is 0 Å². The number of hydrogen-bond acceptors (Lipinski definition) is 26. The number of carbonyl (C=O) groups is 18. The number of thioether (sulfide) groups is 3. The van der Waals surface area contributed by atoms with Crippen molar-refractivity contribution in [1.29, 1.82) is 0 Å². The van der Waals surface area contributed by atoms with Gasteiger partial charge in [0.2, 0.25) is 0 Å². The molecule has 0 radical (unpaired) electrons. The molecule has 28 nitrogen and oxygen atoms in total. The zero-order valence-corrected chi connectivity index (χ0v) is 45.3. The zero-order chi connectivity index (χ0) is 59.2. The fourth-order valence-corrected chi connectivity index (χ4v) is 4.82. The SMILES string of the molecule is C.C.C.C.CC(=O)CSC(C)=O.CC(=O)SCC(=O)ON1C(=O)CCC1=O.CC=O.CCCC.CSC1=CC(=O)N(CC=O)C1=O.NO.NO.O=CCCC=O.O=CCN1C(=O)C=CC1=O.O=CCN1C(=O)C=CC1=O.S.[C-]#[O+]. The van der Waals surface area contributed by atoms with E-state index in [0.717, 1.165) is 81.4 Å². The van der Waals surface area contributed by atoms with Crippen LogP contribution in [0, 0.1) is 6.65 Å². The number of rotatable bonds is 16. The zero-order valence-electron chi connectivity index (χ0n) is 41.9. The Labute approximate surface area is 480 Å². The van der Waals surface area contributed by atoms with Crippen LogP contribution in [0.15, 0.2) is 35.3 Å². The van der Waals surface area contributed by atoms with E-state index in [4.69, 9.17) is 19.9 Å². The molecule has 4 heterocycles. The number of ketones is 1. The van der Waals surface area contributed by atoms with Gasteiger partial charge < -0.3 is 44.0 Å². The maximum atomic E-state index is 11.2. The standard InChI is InChI=1S/C8H9NO5S.C7H7NO3S.2C6H5NO3.C5H8O2S.C4H6O2.C4H10.C2H4O.CO.4CH4.2H3NO.H2S/c1-5(10)15-4-8(13)14-9-6(11)2-3-7(9)12;1-12-5-4-6(10)8(2-3-9)7(5)11;2*8-4-3-7-5(9)1-2-6(7)10;1-4(6)3-8-5(2)7;5-3-1-2-4-6;1-3-4-2;1-2-3;1-2;;;;;2*1-2;/h2-4H2,1H3;3-4H,2H2,1H3;2*1-2,4H,3H2;3H2,1-2H3;3-4H,1-2H2;3-4H2,1-2H3;2H,1H3;;4*1H4;2*2H,1H2;1H2. The van der Waals surface area contributed by atoms with Crippen molar-refractivity contribution in [3.05, 3.63) is 41.9 Å². The van der Waals surface area contributed by atoms with Crippen molar-refractivity contribution in [3.63, 3.8) is 0 Å². The number of unbranched alkanes of at least 4 members (excludes halogenated alkanes) is 2. The maximum absolute atomic E-state index is 11.2. The van der Waals surface area contributed by atoms with E-state index in [1.54, 1.807) is 6.26 Å². The van der Waals surface area contributed by atoms with Crippen LogP contribution < -0.4 is 11.8 Å². The van der Waals surface area contributed by atoms with E-state index in [2.05, 4.69) is 37.1 Å². The van der Waals surface area contributed by atoms with Gasteiger partial charge in [-0.3, -0.25) is 67.4 Å². The van der Waals surface area contributed by atoms with Crippen LogP contribution in [-0.2, 0) is 95.8 Å². The first-order valence-electron chi connectivity index (χ1n) is 20.4. The van der Waals surface area contributed by atoms with Gasteiger partial charge in [0, 0.05) is 69.9 Å². The van der Waals surface area contributed by atoms with Crippen LogP contribution in [0.5, 0.6) is 0 Å². The van der Waals surface area contributed by atoms with Crippen LogP contribution in [0.25, 0.3) is 0 Å². The molecule has 1 fully saturated rings. The molecule has 0 aromatic carbocycles. The van der Waals surface area contributed by atoms with E-state index in [0.29, 0.717) is 47.4 Å². The van der Waals surface area contributed by atoms with Crippen molar-refractivity contribution in [2.24, 2.45) is 11.8 Å². The van der Waals surface area contributed by atoms with Gasteiger partial charge in [0.15, 0.2) is 10.2 Å². The third-order valence-corrected chi connectivity index (χ3v) is 9.22. The normalized spacial score (nSPS) is 11.9. The number of amides is 8. The predicted molar refractivity (Wildman–Crippen MR) is 299 cm³/mol. The van der Waals surface area contributed by atoms with Crippen molar-refractivity contribution < 1.29 is 106 Å². The molecule has 452 valence electrons. The molecule has 6 N–H and O–H groups in total. The summed E-state index contributed by atoms with van der Waals surface area (Å²) in [6.45, 7) is 14.1. The predicted octanol–water partition coefficient (Wildman–Crippen LogP) is 2.21. The summed E-state index contributed by atoms with van der Waals surface area (Å²) in [6, 6.07) is 0. The van der Waals surface area contributed by atoms with Gasteiger partial charge in [-0.25, -0.2) is 16.6 Å². The molecule has 0 aromatic rings. The Hall–Kier alpha value is -6.74. The first-order valence-corrected chi connectivity index (χ1v) is 23.6. The van der Waals surface area contributed by atoms with Crippen molar-refractivity contribution >= 4 is 156 Å². The second-order valence-corrected chi connectivity index (χ2v) is 15.3. The first kappa shape index (κ1) is 101. The number of aldehydes is 6. The molecule has 0 unspecified atom stereocenters. The molecule has 79 heavy (non-hydrogen) atoms. The Morgan fingerprint density at radius 1 is 0.595 bits per heavy atom. The van der Waals surface area contributed by atoms with E-state index in [-0.39, 0.29) is 103 Å². The third-order valence-electron chi connectivity index (χ3n) is 6.74. The number of carbonyl (C=O) groups excluding carboxylic acids is 18. The summed E-state index contributed by atoms with van der Waals surface area (Å²) in [6.07, 6.45) is 14.8. The summed E-state index contributed by atoms with van der Waals surface area (Å²) in [5.41, 5.74) is 0. The van der Waals surface area contributed by atoms with E-state index in [9.17, 15) is 81.5 Å². The molecule has 0 aromatic heterocycles. The van der Waals surface area contributed by atoms with Crippen molar-refractivity contribution in [1.82, 2.24) is 19.8 Å². The van der Waals surface area contributed by atoms with E-state index in [1.165, 1.54) is 58.4 Å². The number of hydroxylamine groups is 2. The van der Waals surface area contributed by atoms with Crippen molar-refractivity contribution in [2.45, 2.75) is 110 Å². The molecule has 4 aliphatic rings. The molecular formula is C47H78N6O22S4. The summed E-state index contributed by atoms with van der Waals surface area (Å²) in [4.78, 5) is 194. The molecule has 8 amide bonds. The van der Waals surface area contributed by atoms with Gasteiger partial charge in [0.1, 0.15) is 49.3 Å². The molecular weight excluding hydrogens is 1130 g/mol. The number of Topliss-reactive ketones (excluding diaryl/α,β-unsaturated/α-hetero) is 1. The first-order chi connectivity index (χ1) is 35.1. The molecule has 1 saturated heterocycles. The topological polar surface area (TPSA) is 442 Å². The third kappa shape index (κ3) is 57.3. The summed E-state index contributed by atoms with van der Waals surface area (Å²) in [5.74, 6) is 2.87. The van der Waals surface area contributed by atoms with E-state index in [1.807, 2.05) is 0 Å². The Morgan fingerprint density at radius 3 is 1.13 bits per heavy atom. The van der Waals surface area contributed by atoms with E-state index < -0.39 is 47.3 Å². The van der Waals surface area contributed by atoms with Gasteiger partial charge in [-0.05, 0) is 20.1 Å². The van der Waals surface area contributed by atoms with Crippen LogP contribution >= 0.6 is 48.8 Å². The molecule has 4 aliphatic heterocycles. The summed E-state index contributed by atoms with van der Waals surface area (Å²) in [7, 11) is 0. The fourth-order valence-electron chi connectivity index (χ4n) is 3.54. The minimum absolute atomic E-state index is 0. The number of imide groups is 4. The quantitative estimate of drug-likeness (QED) is 0.0430. The Balaban J connectivity index is -0.0000000654. The monoisotopic (exact) mass is 1210 g/mol. The number of hydrogen-bond donors (Lipinski definition) is 4. The molecule has 0 atom stereocenters. The molecule has 4 rings (SSSR count). The minimum atomic E-state index is -0.779. The van der Waals surface area contributed by atoms with Gasteiger partial charge in [-0.1, -0.05) is 79.9 Å². The second kappa shape index (κ2) is 71.3. The van der Waals surface area contributed by atoms with Gasteiger partial charge in [0.05, 0.1) is 30.3 Å². The molecule has 0 spiro atoms. The Morgan fingerprint density at radius 2 is 0.899 bits per heavy atom. The summed E-state index contributed by atoms with van der Waals surface area (Å²) in [5, 5.41) is 13.2. The van der Waals surface area contributed by atoms with Crippen LogP contribution in [0.3, 0.4) is 0 Å². The molecule has 0 bridgehead atoms. The molecule has 32 heteroatoms. The van der Waals surface area contributed by atoms with Crippen LogP contribution in [0.1, 0.15) is 110 Å². The van der Waals surface area contributed by atoms with Gasteiger partial charge in [-0.15, -0.1) is 16.8 Å². The summed E-state index contributed by atoms with van der Waals surface area (Å²) >= 11 is 3.02. The van der Waals surface area contributed by atoms with Crippen LogP contribution in [0.2, 0.25) is 0 Å². The Kier molecular flexibility index (Phi) is 91.1. The second-order valence-electron chi connectivity index (χ2n) is 12.2. The average Bonchev–Trinajstić information content (AvgIpc) is 4.09. The summed E-state index contributed by atoms with van der Waals surface area (Å²) < 4.78 is 7.50. The van der Waals surface area contributed by atoms with Crippen molar-refractivity contribution in [2.75, 3.05) is 37.4 Å². The number of nitrogens with zero attached hydrogens (tertiary/aromatic N) is 4. The number of nitrogens with two attached hydrogens (primary N) is 2. The Bertz CT molecular complexity index is 1870. The average molecular weight is 1210 g/mol. The van der Waals surface area contributed by atoms with Gasteiger partial charge in [-0.2, -0.15) is 13.5 Å². The van der Waals surface area contributed by atoms with E-state index >= 15 is 0 Å².